The van der Waals surface area contributed by atoms with Crippen LogP contribution in [0, 0.1) is 5.92 Å². The SMILES string of the molecule is CCC1NC(CC(C)C)N(CC(C)S(C)=O)C1=O. The van der Waals surface area contributed by atoms with Crippen molar-refractivity contribution in [1.29, 1.82) is 0 Å². The second-order valence-corrected chi connectivity index (χ2v) is 7.37. The van der Waals surface area contributed by atoms with Gasteiger partial charge in [0.25, 0.3) is 0 Å². The summed E-state index contributed by atoms with van der Waals surface area (Å²) < 4.78 is 11.5. The van der Waals surface area contributed by atoms with Crippen LogP contribution in [0.25, 0.3) is 0 Å². The van der Waals surface area contributed by atoms with Gasteiger partial charge in [0.1, 0.15) is 0 Å². The van der Waals surface area contributed by atoms with E-state index in [-0.39, 0.29) is 23.4 Å². The third kappa shape index (κ3) is 3.79. The van der Waals surface area contributed by atoms with Gasteiger partial charge in [0.15, 0.2) is 0 Å². The second kappa shape index (κ2) is 6.66. The van der Waals surface area contributed by atoms with Gasteiger partial charge < -0.3 is 4.90 Å². The van der Waals surface area contributed by atoms with Crippen LogP contribution in [0.3, 0.4) is 0 Å². The minimum Gasteiger partial charge on any atom is -0.325 e. The normalized spacial score (nSPS) is 27.9. The van der Waals surface area contributed by atoms with Crippen LogP contribution in [0.15, 0.2) is 0 Å². The Labute approximate surface area is 113 Å². The lowest BCUT2D eigenvalue weighted by molar-refractivity contribution is -0.130. The van der Waals surface area contributed by atoms with E-state index in [1.165, 1.54) is 0 Å². The van der Waals surface area contributed by atoms with Crippen molar-refractivity contribution < 1.29 is 9.00 Å². The van der Waals surface area contributed by atoms with Gasteiger partial charge in [0.2, 0.25) is 5.91 Å². The number of rotatable bonds is 6. The van der Waals surface area contributed by atoms with E-state index >= 15 is 0 Å². The molecule has 0 radical (unpaired) electrons. The van der Waals surface area contributed by atoms with E-state index in [0.717, 1.165) is 12.8 Å². The van der Waals surface area contributed by atoms with Crippen LogP contribution in [0.1, 0.15) is 40.5 Å². The van der Waals surface area contributed by atoms with Crippen molar-refractivity contribution in [2.24, 2.45) is 5.92 Å². The summed E-state index contributed by atoms with van der Waals surface area (Å²) >= 11 is 0. The van der Waals surface area contributed by atoms with Crippen LogP contribution >= 0.6 is 0 Å². The average Bonchev–Trinajstić information content (AvgIpc) is 2.56. The summed E-state index contributed by atoms with van der Waals surface area (Å²) in [6, 6.07) is -0.0637. The zero-order chi connectivity index (χ0) is 13.9. The minimum atomic E-state index is -0.884. The molecular weight excluding hydrogens is 248 g/mol. The molecule has 0 aromatic rings. The molecule has 0 aliphatic carbocycles. The fourth-order valence-electron chi connectivity index (χ4n) is 2.28. The van der Waals surface area contributed by atoms with Crippen molar-refractivity contribution in [2.75, 3.05) is 12.8 Å². The Kier molecular flexibility index (Phi) is 5.79. The molecule has 5 heteroatoms. The van der Waals surface area contributed by atoms with Crippen LogP contribution in [-0.4, -0.2) is 45.3 Å². The van der Waals surface area contributed by atoms with Gasteiger partial charge in [-0.3, -0.25) is 14.3 Å². The number of carbonyl (C=O) groups excluding carboxylic acids is 1. The highest BCUT2D eigenvalue weighted by molar-refractivity contribution is 7.84. The number of amides is 1. The zero-order valence-electron chi connectivity index (χ0n) is 12.1. The first-order valence-electron chi connectivity index (χ1n) is 6.75. The van der Waals surface area contributed by atoms with E-state index in [2.05, 4.69) is 19.2 Å². The molecule has 4 nitrogen and oxygen atoms in total. The molecule has 1 fully saturated rings. The first kappa shape index (κ1) is 15.6. The molecule has 1 aliphatic rings. The Balaban J connectivity index is 2.75. The maximum atomic E-state index is 12.3. The Bertz CT molecular complexity index is 320. The van der Waals surface area contributed by atoms with Gasteiger partial charge in [0, 0.05) is 28.9 Å². The topological polar surface area (TPSA) is 49.4 Å². The fourth-order valence-corrected chi connectivity index (χ4v) is 2.65. The van der Waals surface area contributed by atoms with Crippen molar-refractivity contribution in [3.05, 3.63) is 0 Å². The molecule has 1 aliphatic heterocycles. The minimum absolute atomic E-state index is 0.0287. The van der Waals surface area contributed by atoms with E-state index in [0.29, 0.717) is 12.5 Å². The third-order valence-electron chi connectivity index (χ3n) is 3.47. The molecule has 1 rings (SSSR count). The van der Waals surface area contributed by atoms with Crippen molar-refractivity contribution in [3.8, 4) is 0 Å². The van der Waals surface area contributed by atoms with Gasteiger partial charge >= 0.3 is 0 Å². The molecule has 1 amide bonds. The molecule has 106 valence electrons. The van der Waals surface area contributed by atoms with Gasteiger partial charge in [0.05, 0.1) is 12.2 Å². The average molecular weight is 274 g/mol. The summed E-state index contributed by atoms with van der Waals surface area (Å²) in [6.45, 7) is 8.86. The Hall–Kier alpha value is -0.420. The quantitative estimate of drug-likeness (QED) is 0.795. The largest absolute Gasteiger partial charge is 0.325 e. The number of carbonyl (C=O) groups is 1. The molecular formula is C13H26N2O2S. The van der Waals surface area contributed by atoms with E-state index in [9.17, 15) is 9.00 Å². The highest BCUT2D eigenvalue weighted by Gasteiger charge is 2.38. The van der Waals surface area contributed by atoms with Crippen LogP contribution in [0.4, 0.5) is 0 Å². The van der Waals surface area contributed by atoms with Crippen LogP contribution in [-0.2, 0) is 15.6 Å². The van der Waals surface area contributed by atoms with Gasteiger partial charge in [-0.25, -0.2) is 0 Å². The molecule has 1 N–H and O–H groups in total. The van der Waals surface area contributed by atoms with Crippen molar-refractivity contribution >= 4 is 16.7 Å². The predicted octanol–water partition coefficient (Wildman–Crippen LogP) is 1.34. The standard InChI is InChI=1S/C13H26N2O2S/c1-6-11-13(16)15(8-10(4)18(5)17)12(14-11)7-9(2)3/h9-12,14H,6-8H2,1-5H3. The first-order chi connectivity index (χ1) is 8.36. The highest BCUT2D eigenvalue weighted by Crippen LogP contribution is 2.20. The van der Waals surface area contributed by atoms with Crippen LogP contribution < -0.4 is 5.32 Å². The number of hydrogen-bond acceptors (Lipinski definition) is 3. The number of nitrogens with one attached hydrogen (secondary N) is 1. The summed E-state index contributed by atoms with van der Waals surface area (Å²) in [4.78, 5) is 14.1. The fraction of sp³-hybridized carbons (Fsp3) is 0.923. The summed E-state index contributed by atoms with van der Waals surface area (Å²) in [5.41, 5.74) is 0. The van der Waals surface area contributed by atoms with E-state index in [1.807, 2.05) is 18.7 Å². The van der Waals surface area contributed by atoms with Crippen molar-refractivity contribution in [1.82, 2.24) is 10.2 Å². The van der Waals surface area contributed by atoms with Crippen molar-refractivity contribution in [3.63, 3.8) is 0 Å². The second-order valence-electron chi connectivity index (χ2n) is 5.57. The van der Waals surface area contributed by atoms with E-state index in [4.69, 9.17) is 0 Å². The molecule has 18 heavy (non-hydrogen) atoms. The molecule has 4 atom stereocenters. The molecule has 0 bridgehead atoms. The molecule has 4 unspecified atom stereocenters. The lowest BCUT2D eigenvalue weighted by Gasteiger charge is -2.27. The third-order valence-corrected chi connectivity index (χ3v) is 4.76. The zero-order valence-corrected chi connectivity index (χ0v) is 12.9. The Morgan fingerprint density at radius 1 is 1.39 bits per heavy atom. The van der Waals surface area contributed by atoms with Crippen molar-refractivity contribution in [2.45, 2.75) is 58.0 Å². The number of hydrogen-bond donors (Lipinski definition) is 1. The predicted molar refractivity (Wildman–Crippen MR) is 75.7 cm³/mol. The summed E-state index contributed by atoms with van der Waals surface area (Å²) in [5, 5.41) is 3.42. The summed E-state index contributed by atoms with van der Waals surface area (Å²) in [5.74, 6) is 0.705. The Morgan fingerprint density at radius 3 is 2.44 bits per heavy atom. The summed E-state index contributed by atoms with van der Waals surface area (Å²) in [6.07, 6.45) is 3.57. The molecule has 0 spiro atoms. The number of nitrogens with zero attached hydrogens (tertiary/aromatic N) is 1. The lowest BCUT2D eigenvalue weighted by Crippen LogP contribution is -2.42. The molecule has 1 heterocycles. The molecule has 0 aromatic heterocycles. The van der Waals surface area contributed by atoms with E-state index < -0.39 is 10.8 Å². The summed E-state index contributed by atoms with van der Waals surface area (Å²) in [7, 11) is -0.884. The smallest absolute Gasteiger partial charge is 0.241 e. The molecule has 0 saturated carbocycles. The van der Waals surface area contributed by atoms with E-state index in [1.54, 1.807) is 6.26 Å². The first-order valence-corrected chi connectivity index (χ1v) is 8.37. The van der Waals surface area contributed by atoms with Gasteiger partial charge in [-0.05, 0) is 25.7 Å². The molecule has 0 aromatic carbocycles. The lowest BCUT2D eigenvalue weighted by atomic mass is 10.1. The maximum Gasteiger partial charge on any atom is 0.241 e. The van der Waals surface area contributed by atoms with Crippen LogP contribution in [0.2, 0.25) is 0 Å². The van der Waals surface area contributed by atoms with Crippen LogP contribution in [0.5, 0.6) is 0 Å². The molecule has 1 saturated heterocycles. The Morgan fingerprint density at radius 2 is 2.00 bits per heavy atom. The van der Waals surface area contributed by atoms with Gasteiger partial charge in [-0.15, -0.1) is 0 Å². The highest BCUT2D eigenvalue weighted by atomic mass is 32.2. The maximum absolute atomic E-state index is 12.3. The monoisotopic (exact) mass is 274 g/mol. The van der Waals surface area contributed by atoms with Gasteiger partial charge in [-0.1, -0.05) is 20.8 Å². The van der Waals surface area contributed by atoms with Gasteiger partial charge in [-0.2, -0.15) is 0 Å².